The average Bonchev–Trinajstić information content (AvgIpc) is 3.21. The molecular weight excluding hydrogens is 374 g/mol. The molecule has 0 spiro atoms. The molecule has 0 bridgehead atoms. The second-order valence-corrected chi connectivity index (χ2v) is 9.70. The summed E-state index contributed by atoms with van der Waals surface area (Å²) in [4.78, 5) is 14.1. The molecule has 4 rings (SSSR count). The standard InChI is InChI=1S/C20H27N5O2S/c1-15-7-6-8-16(13-15)28(26,27)25-12-9-18-17(14-25)19(23(2)3)22-20(21-18)24-10-4-5-11-24/h6-8,13H,4-5,9-12,14H2,1-3H3. The van der Waals surface area contributed by atoms with E-state index in [2.05, 4.69) is 4.90 Å². The first kappa shape index (κ1) is 19.1. The average molecular weight is 402 g/mol. The minimum Gasteiger partial charge on any atom is -0.362 e. The van der Waals surface area contributed by atoms with Crippen molar-refractivity contribution in [1.29, 1.82) is 0 Å². The van der Waals surface area contributed by atoms with Gasteiger partial charge >= 0.3 is 0 Å². The van der Waals surface area contributed by atoms with Gasteiger partial charge in [-0.05, 0) is 37.5 Å². The molecule has 2 aliphatic rings. The summed E-state index contributed by atoms with van der Waals surface area (Å²) in [6.45, 7) is 4.62. The molecule has 1 saturated heterocycles. The molecule has 2 aliphatic heterocycles. The zero-order valence-corrected chi connectivity index (χ0v) is 17.5. The van der Waals surface area contributed by atoms with Crippen molar-refractivity contribution in [3.63, 3.8) is 0 Å². The normalized spacial score (nSPS) is 17.6. The molecule has 1 aromatic heterocycles. The van der Waals surface area contributed by atoms with Crippen LogP contribution < -0.4 is 9.80 Å². The Labute approximate surface area is 167 Å². The molecule has 2 aromatic rings. The van der Waals surface area contributed by atoms with Gasteiger partial charge in [0, 0.05) is 52.3 Å². The Balaban J connectivity index is 1.70. The highest BCUT2D eigenvalue weighted by Gasteiger charge is 2.32. The number of sulfonamides is 1. The lowest BCUT2D eigenvalue weighted by molar-refractivity contribution is 0.387. The summed E-state index contributed by atoms with van der Waals surface area (Å²) in [5.74, 6) is 1.59. The third kappa shape index (κ3) is 3.46. The first-order valence-electron chi connectivity index (χ1n) is 9.75. The molecule has 0 amide bonds. The van der Waals surface area contributed by atoms with E-state index in [1.807, 2.05) is 32.0 Å². The number of nitrogens with zero attached hydrogens (tertiary/aromatic N) is 5. The summed E-state index contributed by atoms with van der Waals surface area (Å²) in [5, 5.41) is 0. The van der Waals surface area contributed by atoms with Gasteiger partial charge in [-0.3, -0.25) is 0 Å². The molecule has 0 saturated carbocycles. The van der Waals surface area contributed by atoms with Crippen LogP contribution in [0, 0.1) is 6.92 Å². The SMILES string of the molecule is Cc1cccc(S(=O)(=O)N2CCc3nc(N4CCCC4)nc(N(C)C)c3C2)c1. The number of hydrogen-bond donors (Lipinski definition) is 0. The van der Waals surface area contributed by atoms with Gasteiger partial charge in [-0.1, -0.05) is 12.1 Å². The monoisotopic (exact) mass is 401 g/mol. The number of anilines is 2. The van der Waals surface area contributed by atoms with Gasteiger partial charge in [0.25, 0.3) is 0 Å². The second-order valence-electron chi connectivity index (χ2n) is 7.77. The summed E-state index contributed by atoms with van der Waals surface area (Å²) in [7, 11) is 0.351. The molecule has 0 N–H and O–H groups in total. The Morgan fingerprint density at radius 3 is 2.50 bits per heavy atom. The summed E-state index contributed by atoms with van der Waals surface area (Å²) in [6.07, 6.45) is 2.94. The maximum atomic E-state index is 13.2. The van der Waals surface area contributed by atoms with Gasteiger partial charge in [0.15, 0.2) is 0 Å². The maximum absolute atomic E-state index is 13.2. The Hall–Kier alpha value is -2.19. The minimum absolute atomic E-state index is 0.305. The molecular formula is C20H27N5O2S. The Morgan fingerprint density at radius 1 is 1.07 bits per heavy atom. The molecule has 150 valence electrons. The maximum Gasteiger partial charge on any atom is 0.243 e. The van der Waals surface area contributed by atoms with Crippen LogP contribution in [0.4, 0.5) is 11.8 Å². The molecule has 1 aromatic carbocycles. The van der Waals surface area contributed by atoms with Gasteiger partial charge in [-0.15, -0.1) is 0 Å². The predicted octanol–water partition coefficient (Wildman–Crippen LogP) is 2.20. The molecule has 0 atom stereocenters. The van der Waals surface area contributed by atoms with Crippen molar-refractivity contribution < 1.29 is 8.42 Å². The fourth-order valence-electron chi connectivity index (χ4n) is 3.92. The van der Waals surface area contributed by atoms with E-state index < -0.39 is 10.0 Å². The van der Waals surface area contributed by atoms with Crippen LogP contribution >= 0.6 is 0 Å². The van der Waals surface area contributed by atoms with Crippen LogP contribution in [0.1, 0.15) is 29.7 Å². The van der Waals surface area contributed by atoms with Gasteiger partial charge in [0.05, 0.1) is 10.6 Å². The van der Waals surface area contributed by atoms with Gasteiger partial charge in [-0.25, -0.2) is 13.4 Å². The largest absolute Gasteiger partial charge is 0.362 e. The summed E-state index contributed by atoms with van der Waals surface area (Å²) < 4.78 is 27.9. The number of hydrogen-bond acceptors (Lipinski definition) is 6. The number of aromatic nitrogens is 2. The highest BCUT2D eigenvalue weighted by Crippen LogP contribution is 2.31. The van der Waals surface area contributed by atoms with E-state index >= 15 is 0 Å². The predicted molar refractivity (Wildman–Crippen MR) is 110 cm³/mol. The van der Waals surface area contributed by atoms with Crippen molar-refractivity contribution in [2.24, 2.45) is 0 Å². The third-order valence-corrected chi connectivity index (χ3v) is 7.27. The van der Waals surface area contributed by atoms with E-state index in [9.17, 15) is 8.42 Å². The fourth-order valence-corrected chi connectivity index (χ4v) is 5.43. The lowest BCUT2D eigenvalue weighted by Crippen LogP contribution is -2.38. The lowest BCUT2D eigenvalue weighted by Gasteiger charge is -2.31. The number of benzene rings is 1. The second kappa shape index (κ2) is 7.33. The Morgan fingerprint density at radius 2 is 1.82 bits per heavy atom. The molecule has 1 fully saturated rings. The zero-order chi connectivity index (χ0) is 19.9. The van der Waals surface area contributed by atoms with Crippen LogP contribution in [0.2, 0.25) is 0 Å². The number of fused-ring (bicyclic) bond motifs is 1. The summed E-state index contributed by atoms with van der Waals surface area (Å²) in [6, 6.07) is 7.08. The molecule has 28 heavy (non-hydrogen) atoms. The van der Waals surface area contributed by atoms with E-state index in [0.29, 0.717) is 24.4 Å². The fraction of sp³-hybridized carbons (Fsp3) is 0.500. The van der Waals surface area contributed by atoms with Gasteiger partial charge < -0.3 is 9.80 Å². The van der Waals surface area contributed by atoms with Crippen LogP contribution in [0.3, 0.4) is 0 Å². The van der Waals surface area contributed by atoms with Crippen LogP contribution in [0.5, 0.6) is 0 Å². The van der Waals surface area contributed by atoms with Crippen molar-refractivity contribution in [2.45, 2.75) is 37.6 Å². The van der Waals surface area contributed by atoms with Gasteiger partial charge in [-0.2, -0.15) is 9.29 Å². The Bertz CT molecular complexity index is 984. The van der Waals surface area contributed by atoms with E-state index in [-0.39, 0.29) is 0 Å². The summed E-state index contributed by atoms with van der Waals surface area (Å²) in [5.41, 5.74) is 2.82. The molecule has 3 heterocycles. The van der Waals surface area contributed by atoms with Gasteiger partial charge in [0.2, 0.25) is 16.0 Å². The Kier molecular flexibility index (Phi) is 5.01. The van der Waals surface area contributed by atoms with Crippen LogP contribution in [-0.2, 0) is 23.0 Å². The lowest BCUT2D eigenvalue weighted by atomic mass is 10.1. The molecule has 7 nitrogen and oxygen atoms in total. The third-order valence-electron chi connectivity index (χ3n) is 5.43. The first-order chi connectivity index (χ1) is 13.4. The quantitative estimate of drug-likeness (QED) is 0.782. The van der Waals surface area contributed by atoms with Crippen LogP contribution in [0.15, 0.2) is 29.2 Å². The number of rotatable bonds is 4. The van der Waals surface area contributed by atoms with E-state index in [1.165, 1.54) is 12.8 Å². The van der Waals surface area contributed by atoms with Crippen LogP contribution in [-0.4, -0.2) is 56.4 Å². The number of aryl methyl sites for hydroxylation is 1. The molecule has 0 aliphatic carbocycles. The van der Waals surface area contributed by atoms with Gasteiger partial charge in [0.1, 0.15) is 5.82 Å². The van der Waals surface area contributed by atoms with Crippen molar-refractivity contribution in [1.82, 2.24) is 14.3 Å². The van der Waals surface area contributed by atoms with Crippen LogP contribution in [0.25, 0.3) is 0 Å². The van der Waals surface area contributed by atoms with Crippen molar-refractivity contribution >= 4 is 21.8 Å². The zero-order valence-electron chi connectivity index (χ0n) is 16.7. The smallest absolute Gasteiger partial charge is 0.243 e. The highest BCUT2D eigenvalue weighted by molar-refractivity contribution is 7.89. The molecule has 0 unspecified atom stereocenters. The summed E-state index contributed by atoms with van der Waals surface area (Å²) >= 11 is 0. The highest BCUT2D eigenvalue weighted by atomic mass is 32.2. The van der Waals surface area contributed by atoms with E-state index in [1.54, 1.807) is 22.5 Å². The van der Waals surface area contributed by atoms with E-state index in [4.69, 9.17) is 9.97 Å². The van der Waals surface area contributed by atoms with Crippen molar-refractivity contribution in [2.75, 3.05) is 43.5 Å². The molecule has 8 heteroatoms. The first-order valence-corrected chi connectivity index (χ1v) is 11.2. The van der Waals surface area contributed by atoms with E-state index in [0.717, 1.165) is 41.7 Å². The minimum atomic E-state index is -3.55. The topological polar surface area (TPSA) is 69.6 Å². The van der Waals surface area contributed by atoms with Crippen molar-refractivity contribution in [3.8, 4) is 0 Å². The molecule has 0 radical (unpaired) electrons. The van der Waals surface area contributed by atoms with Crippen molar-refractivity contribution in [3.05, 3.63) is 41.1 Å².